The van der Waals surface area contributed by atoms with Crippen molar-refractivity contribution < 1.29 is 9.90 Å². The van der Waals surface area contributed by atoms with Gasteiger partial charge in [-0.25, -0.2) is 0 Å². The number of carbonyl (C=O) groups is 1. The minimum Gasteiger partial charge on any atom is -0.508 e. The molecule has 0 aliphatic rings. The Kier molecular flexibility index (Phi) is 3.47. The number of nitrogens with one attached hydrogen (secondary N) is 1. The van der Waals surface area contributed by atoms with Crippen molar-refractivity contribution in [3.8, 4) is 11.8 Å². The topological polar surface area (TPSA) is 73.1 Å². The molecule has 4 nitrogen and oxygen atoms in total. The monoisotopic (exact) mass is 202 g/mol. The van der Waals surface area contributed by atoms with Gasteiger partial charge in [0, 0.05) is 7.05 Å². The molecule has 0 radical (unpaired) electrons. The number of nitriles is 1. The van der Waals surface area contributed by atoms with Gasteiger partial charge in [0.1, 0.15) is 17.4 Å². The molecule has 0 heterocycles. The van der Waals surface area contributed by atoms with Gasteiger partial charge in [0.15, 0.2) is 0 Å². The Hall–Kier alpha value is -2.28. The van der Waals surface area contributed by atoms with Crippen LogP contribution in [0.5, 0.6) is 5.75 Å². The van der Waals surface area contributed by atoms with Gasteiger partial charge >= 0.3 is 0 Å². The summed E-state index contributed by atoms with van der Waals surface area (Å²) in [6, 6.07) is 8.03. The zero-order valence-corrected chi connectivity index (χ0v) is 8.19. The molecule has 1 amide bonds. The largest absolute Gasteiger partial charge is 0.508 e. The van der Waals surface area contributed by atoms with Crippen molar-refractivity contribution >= 4 is 12.0 Å². The SMILES string of the molecule is CNC(=O)C(C#N)=Cc1ccc(O)cc1. The van der Waals surface area contributed by atoms with Crippen LogP contribution in [0.4, 0.5) is 0 Å². The van der Waals surface area contributed by atoms with Crippen molar-refractivity contribution in [3.05, 3.63) is 35.4 Å². The fourth-order valence-electron chi connectivity index (χ4n) is 1.02. The number of rotatable bonds is 2. The Morgan fingerprint density at radius 3 is 2.53 bits per heavy atom. The molecule has 15 heavy (non-hydrogen) atoms. The maximum Gasteiger partial charge on any atom is 0.261 e. The van der Waals surface area contributed by atoms with Gasteiger partial charge in [0.2, 0.25) is 0 Å². The molecule has 4 heteroatoms. The Bertz CT molecular complexity index is 427. The van der Waals surface area contributed by atoms with E-state index in [9.17, 15) is 4.79 Å². The third-order valence-corrected chi connectivity index (χ3v) is 1.80. The van der Waals surface area contributed by atoms with E-state index in [4.69, 9.17) is 10.4 Å². The minimum atomic E-state index is -0.425. The maximum absolute atomic E-state index is 11.2. The summed E-state index contributed by atoms with van der Waals surface area (Å²) in [7, 11) is 1.46. The quantitative estimate of drug-likeness (QED) is 0.556. The van der Waals surface area contributed by atoms with E-state index < -0.39 is 5.91 Å². The fourth-order valence-corrected chi connectivity index (χ4v) is 1.02. The lowest BCUT2D eigenvalue weighted by atomic mass is 10.1. The van der Waals surface area contributed by atoms with E-state index in [-0.39, 0.29) is 11.3 Å². The van der Waals surface area contributed by atoms with Crippen LogP contribution < -0.4 is 5.32 Å². The van der Waals surface area contributed by atoms with Crippen molar-refractivity contribution in [1.82, 2.24) is 5.32 Å². The molecule has 0 saturated heterocycles. The van der Waals surface area contributed by atoms with Crippen molar-refractivity contribution in [1.29, 1.82) is 5.26 Å². The third-order valence-electron chi connectivity index (χ3n) is 1.80. The summed E-state index contributed by atoms with van der Waals surface area (Å²) in [5.41, 5.74) is 0.719. The number of hydrogen-bond acceptors (Lipinski definition) is 3. The summed E-state index contributed by atoms with van der Waals surface area (Å²) < 4.78 is 0. The molecule has 1 rings (SSSR count). The van der Waals surface area contributed by atoms with Crippen LogP contribution in [-0.4, -0.2) is 18.1 Å². The molecule has 1 aromatic rings. The highest BCUT2D eigenvalue weighted by Crippen LogP contribution is 2.12. The van der Waals surface area contributed by atoms with Crippen molar-refractivity contribution in [2.45, 2.75) is 0 Å². The third kappa shape index (κ3) is 2.85. The van der Waals surface area contributed by atoms with Crippen LogP contribution >= 0.6 is 0 Å². The molecule has 0 spiro atoms. The van der Waals surface area contributed by atoms with Gasteiger partial charge in [0.05, 0.1) is 0 Å². The first-order valence-corrected chi connectivity index (χ1v) is 4.30. The van der Waals surface area contributed by atoms with Gasteiger partial charge in [-0.3, -0.25) is 4.79 Å². The maximum atomic E-state index is 11.2. The van der Waals surface area contributed by atoms with Crippen molar-refractivity contribution in [2.75, 3.05) is 7.05 Å². The first-order valence-electron chi connectivity index (χ1n) is 4.30. The lowest BCUT2D eigenvalue weighted by Gasteiger charge is -1.97. The predicted octanol–water partition coefficient (Wildman–Crippen LogP) is 1.05. The highest BCUT2D eigenvalue weighted by molar-refractivity contribution is 6.01. The molecule has 0 unspecified atom stereocenters. The van der Waals surface area contributed by atoms with Crippen LogP contribution in [0.3, 0.4) is 0 Å². The molecule has 2 N–H and O–H groups in total. The van der Waals surface area contributed by atoms with Gasteiger partial charge in [-0.1, -0.05) is 12.1 Å². The zero-order valence-electron chi connectivity index (χ0n) is 8.19. The van der Waals surface area contributed by atoms with E-state index >= 15 is 0 Å². The number of carbonyl (C=O) groups excluding carboxylic acids is 1. The summed E-state index contributed by atoms with van der Waals surface area (Å²) in [5.74, 6) is -0.281. The van der Waals surface area contributed by atoms with Gasteiger partial charge < -0.3 is 10.4 Å². The molecule has 0 bridgehead atoms. The second kappa shape index (κ2) is 4.82. The fraction of sp³-hybridized carbons (Fsp3) is 0.0909. The molecule has 1 aromatic carbocycles. The number of benzene rings is 1. The minimum absolute atomic E-state index is 0.0307. The second-order valence-electron chi connectivity index (χ2n) is 2.84. The number of likely N-dealkylation sites (N-methyl/N-ethyl adjacent to an activating group) is 1. The molecule has 76 valence electrons. The first kappa shape index (κ1) is 10.8. The Labute approximate surface area is 87.5 Å². The molecule has 0 aliphatic heterocycles. The van der Waals surface area contributed by atoms with Crippen molar-refractivity contribution in [2.24, 2.45) is 0 Å². The highest BCUT2D eigenvalue weighted by Gasteiger charge is 2.05. The number of hydrogen-bond donors (Lipinski definition) is 2. The zero-order chi connectivity index (χ0) is 11.3. The summed E-state index contributed by atoms with van der Waals surface area (Å²) in [4.78, 5) is 11.2. The Morgan fingerprint density at radius 1 is 1.47 bits per heavy atom. The van der Waals surface area contributed by atoms with Gasteiger partial charge in [0.25, 0.3) is 5.91 Å². The predicted molar refractivity (Wildman–Crippen MR) is 55.8 cm³/mol. The normalized spacial score (nSPS) is 10.5. The van der Waals surface area contributed by atoms with E-state index in [1.165, 1.54) is 25.3 Å². The summed E-state index contributed by atoms with van der Waals surface area (Å²) in [5, 5.41) is 20.1. The van der Waals surface area contributed by atoms with E-state index in [0.717, 1.165) is 0 Å². The van der Waals surface area contributed by atoms with Crippen LogP contribution in [0, 0.1) is 11.3 Å². The highest BCUT2D eigenvalue weighted by atomic mass is 16.3. The summed E-state index contributed by atoms with van der Waals surface area (Å²) >= 11 is 0. The van der Waals surface area contributed by atoms with Gasteiger partial charge in [-0.15, -0.1) is 0 Å². The van der Waals surface area contributed by atoms with E-state index in [1.54, 1.807) is 18.2 Å². The average molecular weight is 202 g/mol. The lowest BCUT2D eigenvalue weighted by molar-refractivity contribution is -0.116. The van der Waals surface area contributed by atoms with Gasteiger partial charge in [-0.05, 0) is 23.8 Å². The number of nitrogens with zero attached hydrogens (tertiary/aromatic N) is 1. The van der Waals surface area contributed by atoms with E-state index in [0.29, 0.717) is 5.56 Å². The van der Waals surface area contributed by atoms with Crippen molar-refractivity contribution in [3.63, 3.8) is 0 Å². The first-order chi connectivity index (χ1) is 7.17. The molecular weight excluding hydrogens is 192 g/mol. The molecule has 0 aromatic heterocycles. The number of phenolic OH excluding ortho intramolecular Hbond substituents is 1. The molecule has 0 saturated carbocycles. The van der Waals surface area contributed by atoms with Crippen LogP contribution in [0.25, 0.3) is 6.08 Å². The number of amides is 1. The Balaban J connectivity index is 3.00. The van der Waals surface area contributed by atoms with E-state index in [1.807, 2.05) is 0 Å². The molecule has 0 aliphatic carbocycles. The average Bonchev–Trinajstić information content (AvgIpc) is 2.27. The summed E-state index contributed by atoms with van der Waals surface area (Å²) in [6.07, 6.45) is 1.46. The molecule has 0 fully saturated rings. The molecular formula is C11H10N2O2. The number of phenols is 1. The lowest BCUT2D eigenvalue weighted by Crippen LogP contribution is -2.19. The molecule has 0 atom stereocenters. The standard InChI is InChI=1S/C11H10N2O2/c1-13-11(15)9(7-12)6-8-2-4-10(14)5-3-8/h2-6,14H,1H3,(H,13,15). The van der Waals surface area contributed by atoms with Gasteiger partial charge in [-0.2, -0.15) is 5.26 Å². The second-order valence-corrected chi connectivity index (χ2v) is 2.84. The Morgan fingerprint density at radius 2 is 2.07 bits per heavy atom. The number of aromatic hydroxyl groups is 1. The van der Waals surface area contributed by atoms with Crippen LogP contribution in [0.1, 0.15) is 5.56 Å². The van der Waals surface area contributed by atoms with Crippen LogP contribution in [0.2, 0.25) is 0 Å². The van der Waals surface area contributed by atoms with E-state index in [2.05, 4.69) is 5.32 Å². The van der Waals surface area contributed by atoms with Crippen LogP contribution in [0.15, 0.2) is 29.8 Å². The van der Waals surface area contributed by atoms with Crippen LogP contribution in [-0.2, 0) is 4.79 Å². The smallest absolute Gasteiger partial charge is 0.261 e. The summed E-state index contributed by atoms with van der Waals surface area (Å²) in [6.45, 7) is 0.